The second-order valence-electron chi connectivity index (χ2n) is 21.1. The zero-order chi connectivity index (χ0) is 74.1. The average Bonchev–Trinajstić information content (AvgIpc) is 0.979. The van der Waals surface area contributed by atoms with E-state index in [0.717, 1.165) is 11.4 Å². The summed E-state index contributed by atoms with van der Waals surface area (Å²) in [4.78, 5) is 101. The van der Waals surface area contributed by atoms with Crippen LogP contribution in [0.15, 0.2) is 0 Å². The van der Waals surface area contributed by atoms with Crippen LogP contribution in [0.4, 0.5) is 9.59 Å². The van der Waals surface area contributed by atoms with E-state index in [-0.39, 0.29) is 83.4 Å². The van der Waals surface area contributed by atoms with Crippen LogP contribution in [0, 0.1) is 11.8 Å². The number of esters is 4. The molecule has 4 atom stereocenters. The minimum absolute atomic E-state index is 0. The minimum Gasteiger partial charge on any atom is -0.445 e. The molecule has 41 heteroatoms. The third kappa shape index (κ3) is 79.1. The first-order valence-electron chi connectivity index (χ1n) is 29.3. The highest BCUT2D eigenvalue weighted by Gasteiger charge is 2.35. The molecule has 0 rings (SSSR count). The van der Waals surface area contributed by atoms with Crippen molar-refractivity contribution >= 4 is 125 Å². The van der Waals surface area contributed by atoms with E-state index in [4.69, 9.17) is 115 Å². The highest BCUT2D eigenvalue weighted by Crippen LogP contribution is 2.62. The van der Waals surface area contributed by atoms with Crippen LogP contribution in [0.5, 0.6) is 0 Å². The summed E-state index contributed by atoms with van der Waals surface area (Å²) in [7, 11) is 14.4. The first-order chi connectivity index (χ1) is 44.2. The summed E-state index contributed by atoms with van der Waals surface area (Å²) < 4.78 is 114. The third-order valence-corrected chi connectivity index (χ3v) is 16.1. The largest absolute Gasteiger partial charge is 0.445 e. The number of carbonyl (C=O) groups excluding carboxylic acids is 7. The van der Waals surface area contributed by atoms with Gasteiger partial charge in [0.15, 0.2) is 11.1 Å². The molecule has 33 nitrogen and oxygen atoms in total. The molecule has 0 aromatic carbocycles. The quantitative estimate of drug-likeness (QED) is 0.00951. The molecule has 0 aliphatic carbocycles. The van der Waals surface area contributed by atoms with Crippen LogP contribution in [0.25, 0.3) is 0 Å². The lowest BCUT2D eigenvalue weighted by Crippen LogP contribution is -2.42. The van der Waals surface area contributed by atoms with E-state index < -0.39 is 95.7 Å². The molecule has 0 bridgehead atoms. The van der Waals surface area contributed by atoms with Crippen LogP contribution in [0.3, 0.4) is 0 Å². The first-order valence-corrected chi connectivity index (χ1v) is 36.8. The average molecular weight is 1560 g/mol. The maximum absolute atomic E-state index is 13.5. The monoisotopic (exact) mass is 1560 g/mol. The normalized spacial score (nSPS) is 13.1. The molecule has 2 amide bonds. The van der Waals surface area contributed by atoms with Crippen molar-refractivity contribution in [1.29, 1.82) is 0 Å². The number of hydrogen-bond donors (Lipinski definition) is 4. The molecule has 0 fully saturated rings. The maximum Gasteiger partial charge on any atom is 0.410 e. The zero-order valence-electron chi connectivity index (χ0n) is 58.9. The van der Waals surface area contributed by atoms with Crippen LogP contribution in [0.2, 0.25) is 0 Å². The van der Waals surface area contributed by atoms with Crippen molar-refractivity contribution < 1.29 is 137 Å². The number of nitrogens with one attached hydrogen (secondary N) is 2. The Morgan fingerprint density at radius 3 is 1.01 bits per heavy atom. The van der Waals surface area contributed by atoms with Gasteiger partial charge in [0, 0.05) is 80.2 Å². The Hall–Kier alpha value is -2.23. The van der Waals surface area contributed by atoms with Crippen LogP contribution in [-0.2, 0) is 118 Å². The molecular weight excluding hydrogens is 1450 g/mol. The summed E-state index contributed by atoms with van der Waals surface area (Å²) >= 11 is 17.1. The lowest BCUT2D eigenvalue weighted by atomic mass is 10.1. The van der Waals surface area contributed by atoms with Gasteiger partial charge in [-0.05, 0) is 137 Å². The molecule has 96 heavy (non-hydrogen) atoms. The van der Waals surface area contributed by atoms with E-state index >= 15 is 0 Å². The predicted molar refractivity (Wildman–Crippen MR) is 365 cm³/mol. The molecule has 0 spiro atoms. The van der Waals surface area contributed by atoms with E-state index in [0.29, 0.717) is 83.1 Å². The lowest BCUT2D eigenvalue weighted by molar-refractivity contribution is -0.172. The number of rotatable bonds is 47. The summed E-state index contributed by atoms with van der Waals surface area (Å²) in [5, 5.41) is 5.66. The van der Waals surface area contributed by atoms with E-state index in [1.165, 1.54) is 52.0 Å². The number of hydrogen-bond acceptors (Lipinski definition) is 31. The number of alkyl halides is 2. The SMILES string of the molecule is CN(CC(CSP(=O)(O)O)CN(C)C(=O)OC(C)(C)C)C(=O)OC(C)(C)C.CNCC(CNC)CSP(=O)(OC(C)OC(=O)COCCOC)OC(C)OC(=O)COCCOC.COCCOCC(=O)Cl.COCCOCC(=O)OC(C)Cl.COCCOCC(=O)OC(C)Cl.Cl. The van der Waals surface area contributed by atoms with Gasteiger partial charge in [-0.25, -0.2) is 37.9 Å². The molecule has 0 aromatic rings. The molecule has 574 valence electrons. The summed E-state index contributed by atoms with van der Waals surface area (Å²) in [6, 6.07) is 0. The smallest absolute Gasteiger partial charge is 0.410 e. The molecule has 0 heterocycles. The highest BCUT2D eigenvalue weighted by molar-refractivity contribution is 8.55. The minimum atomic E-state index is -4.27. The molecule has 4 unspecified atom stereocenters. The van der Waals surface area contributed by atoms with Crippen molar-refractivity contribution in [3.05, 3.63) is 0 Å². The Bertz CT molecular complexity index is 1990. The van der Waals surface area contributed by atoms with Gasteiger partial charge >= 0.3 is 49.7 Å². The summed E-state index contributed by atoms with van der Waals surface area (Å²) in [6.07, 6.45) is -3.51. The van der Waals surface area contributed by atoms with Crippen LogP contribution >= 0.6 is 83.6 Å². The van der Waals surface area contributed by atoms with E-state index in [2.05, 4.69) is 24.8 Å². The van der Waals surface area contributed by atoms with Gasteiger partial charge in [-0.1, -0.05) is 23.2 Å². The van der Waals surface area contributed by atoms with Crippen molar-refractivity contribution in [3.63, 3.8) is 0 Å². The van der Waals surface area contributed by atoms with E-state index in [1.807, 2.05) is 14.1 Å². The second-order valence-corrected chi connectivity index (χ2v) is 30.5. The fourth-order valence-electron chi connectivity index (χ4n) is 5.78. The first kappa shape index (κ1) is 105. The Morgan fingerprint density at radius 1 is 0.479 bits per heavy atom. The number of carbonyl (C=O) groups is 7. The van der Waals surface area contributed by atoms with Gasteiger partial charge in [-0.15, -0.1) is 12.4 Å². The Kier molecular flexibility index (Phi) is 70.8. The van der Waals surface area contributed by atoms with Crippen LogP contribution < -0.4 is 10.6 Å². The standard InChI is InChI=1S/C20H41N2O11PS.C16H33N2O7PS.2C7H13ClO4.C5H9ClO3.ClH/c1-16(30-19(23)13-28-9-7-26-5)32-34(25,35-15-18(11-21-3)12-22-4)33-17(2)31-20(24)14-29-10-8-27-6;1-15(2,3)24-13(19)17(7)9-12(11-27-26(21,22)23)10-18(8)14(20)25-16(4,5)6;2*1-6(8)12-7(9)5-11-4-3-10-2;1-8-2-3-9-4-5(6)7;/h16-18,21-22H,7-15H2,1-6H3;12H,9-11H2,1-8H3,(H2,21,22,23);2*6H,3-5H2,1-2H3;2-4H2,1H3;1H. The molecule has 0 aliphatic rings. The van der Waals surface area contributed by atoms with Gasteiger partial charge in [0.25, 0.3) is 0 Å². The second kappa shape index (κ2) is 64.8. The molecular formula is C55H110Cl4N4O29P2S2. The van der Waals surface area contributed by atoms with Crippen LogP contribution in [0.1, 0.15) is 69.2 Å². The molecule has 0 radical (unpaired) electrons. The molecule has 4 N–H and O–H groups in total. The van der Waals surface area contributed by atoms with Gasteiger partial charge in [-0.2, -0.15) is 0 Å². The number of ether oxygens (including phenoxy) is 16. The van der Waals surface area contributed by atoms with Crippen molar-refractivity contribution in [1.82, 2.24) is 20.4 Å². The van der Waals surface area contributed by atoms with E-state index in [1.54, 1.807) is 76.7 Å². The van der Waals surface area contributed by atoms with Crippen molar-refractivity contribution in [3.8, 4) is 0 Å². The fraction of sp³-hybridized carbons (Fsp3) is 0.873. The van der Waals surface area contributed by atoms with Crippen molar-refractivity contribution in [2.75, 3.05) is 201 Å². The molecule has 0 aliphatic heterocycles. The lowest BCUT2D eigenvalue weighted by Gasteiger charge is -2.30. The summed E-state index contributed by atoms with van der Waals surface area (Å²) in [6.45, 7) is 12.7. The number of methoxy groups -OCH3 is 5. The van der Waals surface area contributed by atoms with Gasteiger partial charge in [0.2, 0.25) is 17.8 Å². The topological polar surface area (TPSA) is 391 Å². The third-order valence-electron chi connectivity index (χ3n) is 9.40. The molecule has 0 saturated carbocycles. The zero-order valence-corrected chi connectivity index (χ0v) is 65.4. The Morgan fingerprint density at radius 2 is 0.760 bits per heavy atom. The van der Waals surface area contributed by atoms with E-state index in [9.17, 15) is 42.7 Å². The van der Waals surface area contributed by atoms with Crippen molar-refractivity contribution in [2.24, 2.45) is 11.8 Å². The maximum atomic E-state index is 13.5. The number of amides is 2. The van der Waals surface area contributed by atoms with Gasteiger partial charge in [-0.3, -0.25) is 13.8 Å². The van der Waals surface area contributed by atoms with Crippen LogP contribution in [-0.4, -0.2) is 296 Å². The predicted octanol–water partition coefficient (Wildman–Crippen LogP) is 6.57. The number of nitrogens with zero attached hydrogens (tertiary/aromatic N) is 2. The number of halogens is 4. The Labute approximate surface area is 596 Å². The summed E-state index contributed by atoms with van der Waals surface area (Å²) in [5.74, 6) is -2.19. The van der Waals surface area contributed by atoms with Gasteiger partial charge in [0.1, 0.15) is 44.2 Å². The molecule has 0 saturated heterocycles. The fourth-order valence-corrected chi connectivity index (χ4v) is 11.8. The van der Waals surface area contributed by atoms with Gasteiger partial charge < -0.3 is 106 Å². The Balaban J connectivity index is -0.000000290. The van der Waals surface area contributed by atoms with Gasteiger partial charge in [0.05, 0.1) is 66.1 Å². The van der Waals surface area contributed by atoms with Crippen molar-refractivity contribution in [2.45, 2.75) is 104 Å². The highest BCUT2D eigenvalue weighted by atomic mass is 35.5. The molecule has 0 aromatic heterocycles. The summed E-state index contributed by atoms with van der Waals surface area (Å²) in [5.41, 5.74) is -2.53.